The first kappa shape index (κ1) is 14.1. The van der Waals surface area contributed by atoms with Crippen LogP contribution < -0.4 is 11.1 Å². The molecule has 112 valence electrons. The molecule has 0 aliphatic heterocycles. The maximum Gasteiger partial charge on any atom is 0.247 e. The zero-order valence-corrected chi connectivity index (χ0v) is 12.0. The Balaban J connectivity index is 1.87. The fraction of sp³-hybridized carbons (Fsp3) is 0.125. The van der Waals surface area contributed by atoms with Crippen molar-refractivity contribution in [2.75, 3.05) is 11.1 Å². The average molecular weight is 298 g/mol. The van der Waals surface area contributed by atoms with Crippen LogP contribution >= 0.6 is 0 Å². The Labute approximate surface area is 126 Å². The zero-order chi connectivity index (χ0) is 15.7. The van der Waals surface area contributed by atoms with E-state index in [-0.39, 0.29) is 11.6 Å². The second kappa shape index (κ2) is 5.48. The van der Waals surface area contributed by atoms with Crippen molar-refractivity contribution in [3.05, 3.63) is 54.6 Å². The number of para-hydroxylation sites is 2. The molecule has 1 amide bonds. The summed E-state index contributed by atoms with van der Waals surface area (Å²) in [6.45, 7) is 1.73. The fourth-order valence-electron chi connectivity index (χ4n) is 2.29. The van der Waals surface area contributed by atoms with E-state index in [1.807, 2.05) is 24.3 Å². The molecule has 1 heterocycles. The van der Waals surface area contributed by atoms with E-state index in [2.05, 4.69) is 10.3 Å². The van der Waals surface area contributed by atoms with E-state index in [1.54, 1.807) is 17.8 Å². The molecule has 3 N–H and O–H groups in total. The second-order valence-electron chi connectivity index (χ2n) is 5.05. The molecule has 0 aliphatic rings. The maximum absolute atomic E-state index is 13.7. The molecule has 3 rings (SSSR count). The van der Waals surface area contributed by atoms with Crippen LogP contribution in [0, 0.1) is 5.82 Å². The van der Waals surface area contributed by atoms with Gasteiger partial charge in [-0.3, -0.25) is 4.79 Å². The third-order valence-corrected chi connectivity index (χ3v) is 3.53. The van der Waals surface area contributed by atoms with Gasteiger partial charge in [-0.1, -0.05) is 12.1 Å². The van der Waals surface area contributed by atoms with E-state index in [1.165, 1.54) is 18.2 Å². The SMILES string of the molecule is CC(C(=O)Nc1cc(N)ccc1F)n1cnc2ccccc21. The van der Waals surface area contributed by atoms with Gasteiger partial charge in [0, 0.05) is 5.69 Å². The molecule has 0 radical (unpaired) electrons. The molecule has 0 aliphatic carbocycles. The number of nitrogens with one attached hydrogen (secondary N) is 1. The van der Waals surface area contributed by atoms with E-state index >= 15 is 0 Å². The summed E-state index contributed by atoms with van der Waals surface area (Å²) in [5.41, 5.74) is 7.72. The summed E-state index contributed by atoms with van der Waals surface area (Å²) in [5.74, 6) is -0.863. The van der Waals surface area contributed by atoms with Gasteiger partial charge in [0.05, 0.1) is 23.0 Å². The highest BCUT2D eigenvalue weighted by molar-refractivity contribution is 5.95. The first-order valence-electron chi connectivity index (χ1n) is 6.84. The first-order chi connectivity index (χ1) is 10.6. The number of aromatic nitrogens is 2. The van der Waals surface area contributed by atoms with Crippen molar-refractivity contribution in [3.8, 4) is 0 Å². The van der Waals surface area contributed by atoms with E-state index in [0.717, 1.165) is 11.0 Å². The maximum atomic E-state index is 13.7. The number of nitrogens with two attached hydrogens (primary N) is 1. The summed E-state index contributed by atoms with van der Waals surface area (Å²) in [7, 11) is 0. The van der Waals surface area contributed by atoms with Crippen molar-refractivity contribution < 1.29 is 9.18 Å². The van der Waals surface area contributed by atoms with Crippen molar-refractivity contribution in [1.82, 2.24) is 9.55 Å². The van der Waals surface area contributed by atoms with Gasteiger partial charge >= 0.3 is 0 Å². The number of amides is 1. The lowest BCUT2D eigenvalue weighted by Crippen LogP contribution is -2.23. The molecule has 5 nitrogen and oxygen atoms in total. The number of fused-ring (bicyclic) bond motifs is 1. The number of rotatable bonds is 3. The van der Waals surface area contributed by atoms with Gasteiger partial charge in [0.2, 0.25) is 5.91 Å². The highest BCUT2D eigenvalue weighted by atomic mass is 19.1. The average Bonchev–Trinajstić information content (AvgIpc) is 2.94. The van der Waals surface area contributed by atoms with Crippen molar-refractivity contribution in [2.45, 2.75) is 13.0 Å². The smallest absolute Gasteiger partial charge is 0.247 e. The summed E-state index contributed by atoms with van der Waals surface area (Å²) in [6.07, 6.45) is 1.60. The molecule has 22 heavy (non-hydrogen) atoms. The quantitative estimate of drug-likeness (QED) is 0.730. The highest BCUT2D eigenvalue weighted by Gasteiger charge is 2.18. The van der Waals surface area contributed by atoms with Gasteiger partial charge in [-0.25, -0.2) is 9.37 Å². The van der Waals surface area contributed by atoms with E-state index in [9.17, 15) is 9.18 Å². The normalized spacial score (nSPS) is 12.3. The van der Waals surface area contributed by atoms with Gasteiger partial charge < -0.3 is 15.6 Å². The van der Waals surface area contributed by atoms with E-state index in [4.69, 9.17) is 5.73 Å². The predicted octanol–water partition coefficient (Wildman–Crippen LogP) is 2.96. The van der Waals surface area contributed by atoms with Crippen LogP contribution in [0.4, 0.5) is 15.8 Å². The zero-order valence-electron chi connectivity index (χ0n) is 12.0. The Hall–Kier alpha value is -2.89. The molecule has 0 fully saturated rings. The standard InChI is InChI=1S/C16H15FN4O/c1-10(21-9-19-13-4-2-3-5-15(13)21)16(22)20-14-8-11(18)6-7-12(14)17/h2-10H,18H2,1H3,(H,20,22). The van der Waals surface area contributed by atoms with Gasteiger partial charge in [0.25, 0.3) is 0 Å². The van der Waals surface area contributed by atoms with Crippen LogP contribution in [-0.2, 0) is 4.79 Å². The Kier molecular flexibility index (Phi) is 3.50. The van der Waals surface area contributed by atoms with Gasteiger partial charge in [-0.05, 0) is 37.3 Å². The first-order valence-corrected chi connectivity index (χ1v) is 6.84. The number of hydrogen-bond donors (Lipinski definition) is 2. The van der Waals surface area contributed by atoms with Crippen molar-refractivity contribution in [3.63, 3.8) is 0 Å². The van der Waals surface area contributed by atoms with Crippen molar-refractivity contribution >= 4 is 28.3 Å². The Bertz CT molecular complexity index is 843. The molecular formula is C16H15FN4O. The Morgan fingerprint density at radius 1 is 1.32 bits per heavy atom. The topological polar surface area (TPSA) is 72.9 Å². The number of benzene rings is 2. The molecule has 1 aromatic heterocycles. The fourth-order valence-corrected chi connectivity index (χ4v) is 2.29. The number of nitrogen functional groups attached to an aromatic ring is 1. The van der Waals surface area contributed by atoms with Crippen molar-refractivity contribution in [2.24, 2.45) is 0 Å². The summed E-state index contributed by atoms with van der Waals surface area (Å²) < 4.78 is 15.4. The molecule has 0 saturated carbocycles. The van der Waals surface area contributed by atoms with Crippen LogP contribution in [0.3, 0.4) is 0 Å². The van der Waals surface area contributed by atoms with Gasteiger partial charge in [-0.2, -0.15) is 0 Å². The van der Waals surface area contributed by atoms with Crippen LogP contribution in [0.25, 0.3) is 11.0 Å². The molecule has 6 heteroatoms. The minimum atomic E-state index is -0.534. The number of anilines is 2. The molecule has 1 unspecified atom stereocenters. The van der Waals surface area contributed by atoms with E-state index < -0.39 is 11.9 Å². The number of nitrogens with zero attached hydrogens (tertiary/aromatic N) is 2. The lowest BCUT2D eigenvalue weighted by Gasteiger charge is -2.15. The largest absolute Gasteiger partial charge is 0.399 e. The van der Waals surface area contributed by atoms with E-state index in [0.29, 0.717) is 5.69 Å². The second-order valence-corrected chi connectivity index (χ2v) is 5.05. The minimum Gasteiger partial charge on any atom is -0.399 e. The monoisotopic (exact) mass is 298 g/mol. The summed E-state index contributed by atoms with van der Waals surface area (Å²) in [4.78, 5) is 16.6. The minimum absolute atomic E-state index is 0.0706. The molecule has 2 aromatic carbocycles. The molecule has 0 bridgehead atoms. The lowest BCUT2D eigenvalue weighted by atomic mass is 10.2. The summed E-state index contributed by atoms with van der Waals surface area (Å²) in [5, 5.41) is 2.56. The predicted molar refractivity (Wildman–Crippen MR) is 83.9 cm³/mol. The van der Waals surface area contributed by atoms with Crippen LogP contribution in [0.5, 0.6) is 0 Å². The van der Waals surface area contributed by atoms with Crippen LogP contribution in [0.15, 0.2) is 48.8 Å². The lowest BCUT2D eigenvalue weighted by molar-refractivity contribution is -0.118. The number of halogens is 1. The van der Waals surface area contributed by atoms with Gasteiger partial charge in [-0.15, -0.1) is 0 Å². The number of carbonyl (C=O) groups excluding carboxylic acids is 1. The highest BCUT2D eigenvalue weighted by Crippen LogP contribution is 2.21. The molecule has 1 atom stereocenters. The van der Waals surface area contributed by atoms with Crippen molar-refractivity contribution in [1.29, 1.82) is 0 Å². The third kappa shape index (κ3) is 2.50. The summed E-state index contributed by atoms with van der Waals surface area (Å²) in [6, 6.07) is 11.0. The number of hydrogen-bond acceptors (Lipinski definition) is 3. The molecule has 3 aromatic rings. The molecule has 0 saturated heterocycles. The number of imidazole rings is 1. The molecular weight excluding hydrogens is 283 g/mol. The Morgan fingerprint density at radius 3 is 2.91 bits per heavy atom. The third-order valence-electron chi connectivity index (χ3n) is 3.53. The van der Waals surface area contributed by atoms with Crippen LogP contribution in [0.2, 0.25) is 0 Å². The summed E-state index contributed by atoms with van der Waals surface area (Å²) >= 11 is 0. The van der Waals surface area contributed by atoms with Gasteiger partial charge in [0.15, 0.2) is 0 Å². The number of carbonyl (C=O) groups is 1. The Morgan fingerprint density at radius 2 is 2.09 bits per heavy atom. The van der Waals surface area contributed by atoms with Crippen LogP contribution in [-0.4, -0.2) is 15.5 Å². The van der Waals surface area contributed by atoms with Crippen LogP contribution in [0.1, 0.15) is 13.0 Å². The molecule has 0 spiro atoms. The van der Waals surface area contributed by atoms with Gasteiger partial charge in [0.1, 0.15) is 11.9 Å².